The lowest BCUT2D eigenvalue weighted by atomic mass is 9.94. The summed E-state index contributed by atoms with van der Waals surface area (Å²) in [6, 6.07) is 16.8. The Kier molecular flexibility index (Phi) is 5.97. The first kappa shape index (κ1) is 21.6. The van der Waals surface area contributed by atoms with Crippen LogP contribution in [-0.4, -0.2) is 33.8 Å². The number of methoxy groups -OCH3 is 1. The highest BCUT2D eigenvalue weighted by Crippen LogP contribution is 2.41. The van der Waals surface area contributed by atoms with Crippen molar-refractivity contribution in [1.29, 1.82) is 0 Å². The number of nitrogens with zero attached hydrogens (tertiary/aromatic N) is 2. The second kappa shape index (κ2) is 8.85. The van der Waals surface area contributed by atoms with Gasteiger partial charge in [-0.3, -0.25) is 14.6 Å². The molecule has 0 saturated carbocycles. The maximum absolute atomic E-state index is 13.1. The molecule has 1 saturated heterocycles. The minimum absolute atomic E-state index is 0.0118. The number of Topliss-reactive ketones (excluding diaryl/α,β-unsaturated/α-hetero) is 1. The van der Waals surface area contributed by atoms with E-state index in [2.05, 4.69) is 4.98 Å². The Morgan fingerprint density at radius 2 is 1.94 bits per heavy atom. The van der Waals surface area contributed by atoms with E-state index >= 15 is 0 Å². The lowest BCUT2D eigenvalue weighted by molar-refractivity contribution is -0.140. The molecular weight excluding hydrogens is 428 g/mol. The molecular formula is C25H21ClN2O4. The van der Waals surface area contributed by atoms with Crippen molar-refractivity contribution in [3.05, 3.63) is 99.8 Å². The van der Waals surface area contributed by atoms with Crippen molar-refractivity contribution >= 4 is 29.1 Å². The number of aliphatic hydroxyl groups excluding tert-OH is 1. The predicted molar refractivity (Wildman–Crippen MR) is 121 cm³/mol. The van der Waals surface area contributed by atoms with Crippen LogP contribution in [0.15, 0.2) is 72.4 Å². The van der Waals surface area contributed by atoms with Crippen LogP contribution in [0, 0.1) is 6.92 Å². The molecule has 1 N–H and O–H groups in total. The maximum Gasteiger partial charge on any atom is 0.296 e. The van der Waals surface area contributed by atoms with Crippen molar-refractivity contribution in [2.75, 3.05) is 7.11 Å². The molecule has 0 spiro atoms. The molecule has 1 amide bonds. The van der Waals surface area contributed by atoms with E-state index in [0.29, 0.717) is 17.0 Å². The van der Waals surface area contributed by atoms with E-state index in [1.807, 2.05) is 37.3 Å². The molecule has 0 bridgehead atoms. The number of pyridine rings is 1. The van der Waals surface area contributed by atoms with E-state index in [9.17, 15) is 14.7 Å². The van der Waals surface area contributed by atoms with Crippen LogP contribution >= 0.6 is 11.6 Å². The molecule has 1 atom stereocenters. The van der Waals surface area contributed by atoms with Crippen LogP contribution in [0.25, 0.3) is 5.76 Å². The fraction of sp³-hybridized carbons (Fsp3) is 0.160. The number of amides is 1. The summed E-state index contributed by atoms with van der Waals surface area (Å²) in [6.07, 6.45) is 1.63. The van der Waals surface area contributed by atoms with E-state index in [0.717, 1.165) is 11.1 Å². The zero-order chi connectivity index (χ0) is 22.8. The molecule has 1 unspecified atom stereocenters. The first-order chi connectivity index (χ1) is 15.4. The molecule has 1 fully saturated rings. The van der Waals surface area contributed by atoms with E-state index < -0.39 is 17.7 Å². The predicted octanol–water partition coefficient (Wildman–Crippen LogP) is 4.67. The van der Waals surface area contributed by atoms with Gasteiger partial charge < -0.3 is 14.7 Å². The third kappa shape index (κ3) is 3.97. The van der Waals surface area contributed by atoms with Gasteiger partial charge in [-0.1, -0.05) is 47.5 Å². The summed E-state index contributed by atoms with van der Waals surface area (Å²) in [5.74, 6) is -1.29. The molecule has 0 aliphatic carbocycles. The highest BCUT2D eigenvalue weighted by Gasteiger charge is 2.46. The van der Waals surface area contributed by atoms with E-state index in [1.54, 1.807) is 30.5 Å². The largest absolute Gasteiger partial charge is 0.507 e. The monoisotopic (exact) mass is 448 g/mol. The zero-order valence-corrected chi connectivity index (χ0v) is 18.3. The smallest absolute Gasteiger partial charge is 0.296 e. The Hall–Kier alpha value is -3.64. The van der Waals surface area contributed by atoms with Crippen LogP contribution in [0.2, 0.25) is 5.02 Å². The quantitative estimate of drug-likeness (QED) is 0.348. The Morgan fingerprint density at radius 3 is 2.59 bits per heavy atom. The molecule has 7 heteroatoms. The van der Waals surface area contributed by atoms with Crippen molar-refractivity contribution < 1.29 is 19.4 Å². The lowest BCUT2D eigenvalue weighted by Crippen LogP contribution is -2.29. The summed E-state index contributed by atoms with van der Waals surface area (Å²) in [7, 11) is 1.49. The SMILES string of the molecule is COc1ccc(/C(O)=C2/C(=O)C(=O)N(Cc3ccccn3)C2c2cccc(C)c2)cc1Cl. The molecule has 2 aromatic carbocycles. The zero-order valence-electron chi connectivity index (χ0n) is 17.6. The number of aromatic nitrogens is 1. The van der Waals surface area contributed by atoms with Crippen LogP contribution in [0.3, 0.4) is 0 Å². The van der Waals surface area contributed by atoms with Gasteiger partial charge >= 0.3 is 0 Å². The lowest BCUT2D eigenvalue weighted by Gasteiger charge is -2.25. The molecule has 1 aliphatic rings. The molecule has 1 aromatic heterocycles. The highest BCUT2D eigenvalue weighted by molar-refractivity contribution is 6.46. The number of ketones is 1. The second-order valence-corrected chi connectivity index (χ2v) is 7.92. The van der Waals surface area contributed by atoms with Gasteiger partial charge in [-0.2, -0.15) is 0 Å². The van der Waals surface area contributed by atoms with Gasteiger partial charge in [0, 0.05) is 11.8 Å². The molecule has 1 aliphatic heterocycles. The summed E-state index contributed by atoms with van der Waals surface area (Å²) < 4.78 is 5.16. The molecule has 6 nitrogen and oxygen atoms in total. The molecule has 162 valence electrons. The van der Waals surface area contributed by atoms with Crippen molar-refractivity contribution in [2.24, 2.45) is 0 Å². The first-order valence-electron chi connectivity index (χ1n) is 9.99. The minimum atomic E-state index is -0.766. The van der Waals surface area contributed by atoms with E-state index in [4.69, 9.17) is 16.3 Å². The van der Waals surface area contributed by atoms with Gasteiger partial charge in [0.15, 0.2) is 0 Å². The molecule has 4 rings (SSSR count). The molecule has 2 heterocycles. The standard InChI is InChI=1S/C25H21ClN2O4/c1-15-6-5-7-16(12-15)22-21(23(29)17-9-10-20(32-2)19(26)13-17)24(30)25(31)28(22)14-18-8-3-4-11-27-18/h3-13,22,29H,14H2,1-2H3/b23-21-. The van der Waals surface area contributed by atoms with Crippen molar-refractivity contribution in [2.45, 2.75) is 19.5 Å². The molecule has 0 radical (unpaired) electrons. The number of benzene rings is 2. The summed E-state index contributed by atoms with van der Waals surface area (Å²) in [5.41, 5.74) is 2.67. The van der Waals surface area contributed by atoms with Gasteiger partial charge in [-0.05, 0) is 42.8 Å². The van der Waals surface area contributed by atoms with E-state index in [1.165, 1.54) is 18.1 Å². The summed E-state index contributed by atoms with van der Waals surface area (Å²) >= 11 is 6.23. The Bertz CT molecular complexity index is 1220. The van der Waals surface area contributed by atoms with Crippen LogP contribution in [0.4, 0.5) is 0 Å². The van der Waals surface area contributed by atoms with Crippen LogP contribution in [0.5, 0.6) is 5.75 Å². The number of carbonyl (C=O) groups is 2. The fourth-order valence-electron chi connectivity index (χ4n) is 3.87. The third-order valence-corrected chi connectivity index (χ3v) is 5.68. The number of hydrogen-bond donors (Lipinski definition) is 1. The number of carbonyl (C=O) groups excluding carboxylic acids is 2. The summed E-state index contributed by atoms with van der Waals surface area (Å²) in [6.45, 7) is 2.06. The number of halogens is 1. The number of rotatable bonds is 5. The summed E-state index contributed by atoms with van der Waals surface area (Å²) in [4.78, 5) is 31.9. The summed E-state index contributed by atoms with van der Waals surface area (Å²) in [5, 5.41) is 11.4. The van der Waals surface area contributed by atoms with Gasteiger partial charge in [0.2, 0.25) is 0 Å². The molecule has 32 heavy (non-hydrogen) atoms. The average Bonchev–Trinajstić information content (AvgIpc) is 3.04. The van der Waals surface area contributed by atoms with Gasteiger partial charge in [-0.25, -0.2) is 0 Å². The topological polar surface area (TPSA) is 79.7 Å². The maximum atomic E-state index is 13.1. The van der Waals surface area contributed by atoms with Gasteiger partial charge in [0.1, 0.15) is 11.5 Å². The van der Waals surface area contributed by atoms with Crippen LogP contribution in [0.1, 0.15) is 28.4 Å². The van der Waals surface area contributed by atoms with Crippen molar-refractivity contribution in [1.82, 2.24) is 9.88 Å². The van der Waals surface area contributed by atoms with Crippen molar-refractivity contribution in [3.8, 4) is 5.75 Å². The minimum Gasteiger partial charge on any atom is -0.507 e. The van der Waals surface area contributed by atoms with Gasteiger partial charge in [0.25, 0.3) is 11.7 Å². The number of ether oxygens (including phenoxy) is 1. The number of aryl methyl sites for hydroxylation is 1. The van der Waals surface area contributed by atoms with Gasteiger partial charge in [-0.15, -0.1) is 0 Å². The highest BCUT2D eigenvalue weighted by atomic mass is 35.5. The Labute approximate surface area is 190 Å². The van der Waals surface area contributed by atoms with Crippen molar-refractivity contribution in [3.63, 3.8) is 0 Å². The first-order valence-corrected chi connectivity index (χ1v) is 10.4. The number of likely N-dealkylation sites (tertiary alicyclic amines) is 1. The van der Waals surface area contributed by atoms with Gasteiger partial charge in [0.05, 0.1) is 36.0 Å². The number of aliphatic hydroxyl groups is 1. The second-order valence-electron chi connectivity index (χ2n) is 7.51. The number of hydrogen-bond acceptors (Lipinski definition) is 5. The van der Waals surface area contributed by atoms with E-state index in [-0.39, 0.29) is 22.9 Å². The van der Waals surface area contributed by atoms with Crippen LogP contribution < -0.4 is 4.74 Å². The average molecular weight is 449 g/mol. The van der Waals surface area contributed by atoms with Crippen LogP contribution in [-0.2, 0) is 16.1 Å². The normalized spacial score (nSPS) is 17.6. The fourth-order valence-corrected chi connectivity index (χ4v) is 4.12. The molecule has 3 aromatic rings. The Balaban J connectivity index is 1.87. The third-order valence-electron chi connectivity index (χ3n) is 5.38. The Morgan fingerprint density at radius 1 is 1.12 bits per heavy atom.